The van der Waals surface area contributed by atoms with Gasteiger partial charge < -0.3 is 10.2 Å². The van der Waals surface area contributed by atoms with Gasteiger partial charge in [-0.3, -0.25) is 0 Å². The molecule has 1 fully saturated rings. The zero-order valence-electron chi connectivity index (χ0n) is 11.9. The Bertz CT molecular complexity index is 383. The molecule has 0 amide bonds. The molecule has 1 heterocycles. The third-order valence-corrected chi connectivity index (χ3v) is 3.95. The van der Waals surface area contributed by atoms with Crippen molar-refractivity contribution in [2.45, 2.75) is 39.2 Å². The first kappa shape index (κ1) is 13.3. The third kappa shape index (κ3) is 3.22. The molecule has 0 bridgehead atoms. The first-order valence-electron chi connectivity index (χ1n) is 7.03. The SMILES string of the molecule is CNCc1ccc(N(C)CC2CCCC2)nc1C. The standard InChI is InChI=1S/C15H25N3/c1-12-14(10-16-2)8-9-15(17-12)18(3)11-13-6-4-5-7-13/h8-9,13,16H,4-7,10-11H2,1-3H3. The maximum atomic E-state index is 4.72. The van der Waals surface area contributed by atoms with Gasteiger partial charge in [0.25, 0.3) is 0 Å². The van der Waals surface area contributed by atoms with Crippen LogP contribution in [0.25, 0.3) is 0 Å². The number of aryl methyl sites for hydroxylation is 1. The predicted octanol–water partition coefficient (Wildman–Crippen LogP) is 2.74. The monoisotopic (exact) mass is 247 g/mol. The summed E-state index contributed by atoms with van der Waals surface area (Å²) in [6.45, 7) is 4.14. The van der Waals surface area contributed by atoms with E-state index < -0.39 is 0 Å². The zero-order chi connectivity index (χ0) is 13.0. The van der Waals surface area contributed by atoms with Crippen molar-refractivity contribution in [1.29, 1.82) is 0 Å². The second-order valence-corrected chi connectivity index (χ2v) is 5.48. The fourth-order valence-corrected chi connectivity index (χ4v) is 2.84. The molecule has 2 rings (SSSR count). The summed E-state index contributed by atoms with van der Waals surface area (Å²) in [5.74, 6) is 1.98. The minimum Gasteiger partial charge on any atom is -0.359 e. The lowest BCUT2D eigenvalue weighted by atomic mass is 10.1. The number of nitrogens with zero attached hydrogens (tertiary/aromatic N) is 2. The molecule has 100 valence electrons. The topological polar surface area (TPSA) is 28.2 Å². The lowest BCUT2D eigenvalue weighted by Gasteiger charge is -2.22. The van der Waals surface area contributed by atoms with E-state index in [2.05, 4.69) is 36.3 Å². The maximum absolute atomic E-state index is 4.72. The highest BCUT2D eigenvalue weighted by Gasteiger charge is 2.17. The molecule has 1 aliphatic carbocycles. The Labute approximate surface area is 111 Å². The van der Waals surface area contributed by atoms with Crippen molar-refractivity contribution < 1.29 is 0 Å². The van der Waals surface area contributed by atoms with Gasteiger partial charge in [-0.15, -0.1) is 0 Å². The van der Waals surface area contributed by atoms with Crippen molar-refractivity contribution in [1.82, 2.24) is 10.3 Å². The quantitative estimate of drug-likeness (QED) is 0.867. The summed E-state index contributed by atoms with van der Waals surface area (Å²) >= 11 is 0. The largest absolute Gasteiger partial charge is 0.359 e. The molecule has 3 nitrogen and oxygen atoms in total. The lowest BCUT2D eigenvalue weighted by molar-refractivity contribution is 0.545. The predicted molar refractivity (Wildman–Crippen MR) is 77.0 cm³/mol. The summed E-state index contributed by atoms with van der Waals surface area (Å²) in [5.41, 5.74) is 2.43. The first-order chi connectivity index (χ1) is 8.70. The van der Waals surface area contributed by atoms with E-state index in [-0.39, 0.29) is 0 Å². The van der Waals surface area contributed by atoms with Crippen molar-refractivity contribution in [3.8, 4) is 0 Å². The van der Waals surface area contributed by atoms with Crippen LogP contribution in [-0.2, 0) is 6.54 Å². The van der Waals surface area contributed by atoms with Crippen LogP contribution in [0.2, 0.25) is 0 Å². The average Bonchev–Trinajstić information content (AvgIpc) is 2.84. The lowest BCUT2D eigenvalue weighted by Crippen LogP contribution is -2.25. The summed E-state index contributed by atoms with van der Waals surface area (Å²) in [4.78, 5) is 7.03. The van der Waals surface area contributed by atoms with Crippen LogP contribution in [0, 0.1) is 12.8 Å². The second-order valence-electron chi connectivity index (χ2n) is 5.48. The molecule has 0 atom stereocenters. The van der Waals surface area contributed by atoms with Crippen molar-refractivity contribution in [3.63, 3.8) is 0 Å². The van der Waals surface area contributed by atoms with Crippen molar-refractivity contribution in [2.75, 3.05) is 25.5 Å². The number of anilines is 1. The molecule has 18 heavy (non-hydrogen) atoms. The zero-order valence-corrected chi connectivity index (χ0v) is 11.9. The van der Waals surface area contributed by atoms with Crippen molar-refractivity contribution in [3.05, 3.63) is 23.4 Å². The van der Waals surface area contributed by atoms with E-state index in [9.17, 15) is 0 Å². The van der Waals surface area contributed by atoms with Gasteiger partial charge in [0, 0.05) is 25.8 Å². The van der Waals surface area contributed by atoms with Gasteiger partial charge in [0.2, 0.25) is 0 Å². The molecular weight excluding hydrogens is 222 g/mol. The Morgan fingerprint density at radius 1 is 1.33 bits per heavy atom. The average molecular weight is 247 g/mol. The van der Waals surface area contributed by atoms with Gasteiger partial charge in [-0.05, 0) is 44.4 Å². The van der Waals surface area contributed by atoms with Gasteiger partial charge in [-0.2, -0.15) is 0 Å². The highest BCUT2D eigenvalue weighted by Crippen LogP contribution is 2.26. The van der Waals surface area contributed by atoms with Gasteiger partial charge in [0.15, 0.2) is 0 Å². The smallest absolute Gasteiger partial charge is 0.128 e. The molecule has 0 aromatic carbocycles. The third-order valence-electron chi connectivity index (χ3n) is 3.95. The first-order valence-corrected chi connectivity index (χ1v) is 7.03. The van der Waals surface area contributed by atoms with E-state index in [1.165, 1.54) is 31.2 Å². The molecule has 1 aromatic heterocycles. The van der Waals surface area contributed by atoms with E-state index in [0.29, 0.717) is 0 Å². The molecule has 0 aliphatic heterocycles. The van der Waals surface area contributed by atoms with Crippen LogP contribution in [0.15, 0.2) is 12.1 Å². The highest BCUT2D eigenvalue weighted by atomic mass is 15.2. The van der Waals surface area contributed by atoms with Crippen LogP contribution in [0.1, 0.15) is 36.9 Å². The van der Waals surface area contributed by atoms with E-state index in [1.54, 1.807) is 0 Å². The minimum atomic E-state index is 0.870. The Kier molecular flexibility index (Phi) is 4.59. The Morgan fingerprint density at radius 3 is 2.67 bits per heavy atom. The van der Waals surface area contributed by atoms with Crippen LogP contribution in [0.3, 0.4) is 0 Å². The molecule has 0 saturated heterocycles. The van der Waals surface area contributed by atoms with Crippen molar-refractivity contribution >= 4 is 5.82 Å². The fraction of sp³-hybridized carbons (Fsp3) is 0.667. The maximum Gasteiger partial charge on any atom is 0.128 e. The summed E-state index contributed by atoms with van der Waals surface area (Å²) < 4.78 is 0. The Balaban J connectivity index is 2.01. The molecule has 0 spiro atoms. The summed E-state index contributed by atoms with van der Waals surface area (Å²) in [6.07, 6.45) is 5.60. The van der Waals surface area contributed by atoms with Crippen LogP contribution in [0.5, 0.6) is 0 Å². The molecule has 1 saturated carbocycles. The number of aromatic nitrogens is 1. The molecule has 3 heteroatoms. The van der Waals surface area contributed by atoms with Gasteiger partial charge in [-0.1, -0.05) is 18.9 Å². The molecule has 0 unspecified atom stereocenters. The fourth-order valence-electron chi connectivity index (χ4n) is 2.84. The van der Waals surface area contributed by atoms with Crippen LogP contribution in [-0.4, -0.2) is 25.6 Å². The van der Waals surface area contributed by atoms with E-state index in [4.69, 9.17) is 4.98 Å². The number of nitrogens with one attached hydrogen (secondary N) is 1. The molecule has 1 aromatic rings. The number of hydrogen-bond acceptors (Lipinski definition) is 3. The Hall–Kier alpha value is -1.09. The van der Waals surface area contributed by atoms with Gasteiger partial charge in [-0.25, -0.2) is 4.98 Å². The summed E-state index contributed by atoms with van der Waals surface area (Å²) in [5, 5.41) is 3.18. The highest BCUT2D eigenvalue weighted by molar-refractivity contribution is 5.40. The molecule has 0 radical (unpaired) electrons. The molecule has 1 N–H and O–H groups in total. The van der Waals surface area contributed by atoms with Gasteiger partial charge in [0.1, 0.15) is 5.82 Å². The van der Waals surface area contributed by atoms with Crippen LogP contribution in [0.4, 0.5) is 5.82 Å². The minimum absolute atomic E-state index is 0.870. The van der Waals surface area contributed by atoms with E-state index >= 15 is 0 Å². The van der Waals surface area contributed by atoms with Crippen molar-refractivity contribution in [2.24, 2.45) is 5.92 Å². The Morgan fingerprint density at radius 2 is 2.06 bits per heavy atom. The van der Waals surface area contributed by atoms with E-state index in [1.807, 2.05) is 7.05 Å². The number of pyridine rings is 1. The normalized spacial score (nSPS) is 16.2. The van der Waals surface area contributed by atoms with Crippen LogP contribution >= 0.6 is 0 Å². The molecule has 1 aliphatic rings. The van der Waals surface area contributed by atoms with Gasteiger partial charge in [0.05, 0.1) is 0 Å². The van der Waals surface area contributed by atoms with Crippen LogP contribution < -0.4 is 10.2 Å². The second kappa shape index (κ2) is 6.19. The van der Waals surface area contributed by atoms with E-state index in [0.717, 1.165) is 30.5 Å². The van der Waals surface area contributed by atoms with Gasteiger partial charge >= 0.3 is 0 Å². The molecular formula is C15H25N3. The number of hydrogen-bond donors (Lipinski definition) is 1. The number of rotatable bonds is 5. The summed E-state index contributed by atoms with van der Waals surface area (Å²) in [7, 11) is 4.14. The summed E-state index contributed by atoms with van der Waals surface area (Å²) in [6, 6.07) is 4.34.